The number of nitrogens with two attached hydrogens (primary N) is 1. The van der Waals surface area contributed by atoms with Crippen molar-refractivity contribution < 1.29 is 13.9 Å². The minimum Gasteiger partial charge on any atom is -0.481 e. The Hall–Kier alpha value is -1.33. The van der Waals surface area contributed by atoms with E-state index >= 15 is 0 Å². The van der Waals surface area contributed by atoms with E-state index in [0.29, 0.717) is 6.54 Å². The summed E-state index contributed by atoms with van der Waals surface area (Å²) in [6.07, 6.45) is 1.48. The molecule has 1 aromatic rings. The van der Waals surface area contributed by atoms with E-state index < -0.39 is 11.4 Å². The number of amides is 1. The minimum atomic E-state index is -0.480. The number of hydrogen-bond acceptors (Lipinski definition) is 3. The first kappa shape index (κ1) is 18.7. The summed E-state index contributed by atoms with van der Waals surface area (Å²) in [4.78, 5) is 11.8. The van der Waals surface area contributed by atoms with Gasteiger partial charge < -0.3 is 15.8 Å². The van der Waals surface area contributed by atoms with E-state index in [1.807, 2.05) is 13.8 Å². The average Bonchev–Trinajstić information content (AvgIpc) is 2.44. The predicted molar refractivity (Wildman–Crippen MR) is 79.7 cm³/mol. The van der Waals surface area contributed by atoms with Gasteiger partial charge in [-0.2, -0.15) is 0 Å². The lowest BCUT2D eigenvalue weighted by Gasteiger charge is -2.31. The van der Waals surface area contributed by atoms with Crippen LogP contribution in [0, 0.1) is 5.82 Å². The highest BCUT2D eigenvalue weighted by Gasteiger charge is 2.26. The predicted octanol–water partition coefficient (Wildman–Crippen LogP) is 2.26. The van der Waals surface area contributed by atoms with Gasteiger partial charge >= 0.3 is 0 Å². The quantitative estimate of drug-likeness (QED) is 0.812. The van der Waals surface area contributed by atoms with Crippen molar-refractivity contribution in [3.8, 4) is 5.75 Å². The molecule has 114 valence electrons. The van der Waals surface area contributed by atoms with Crippen LogP contribution in [0.2, 0.25) is 0 Å². The molecule has 0 saturated heterocycles. The lowest BCUT2D eigenvalue weighted by atomic mass is 9.93. The molecule has 0 radical (unpaired) electrons. The maximum absolute atomic E-state index is 13.3. The number of ether oxygens (including phenoxy) is 1. The third-order valence-corrected chi connectivity index (χ3v) is 3.34. The van der Waals surface area contributed by atoms with Crippen LogP contribution in [0.25, 0.3) is 0 Å². The van der Waals surface area contributed by atoms with Gasteiger partial charge in [0.1, 0.15) is 0 Å². The fourth-order valence-electron chi connectivity index (χ4n) is 1.80. The highest BCUT2D eigenvalue weighted by molar-refractivity contribution is 5.85. The van der Waals surface area contributed by atoms with Crippen molar-refractivity contribution in [2.75, 3.05) is 13.2 Å². The second-order valence-corrected chi connectivity index (χ2v) is 4.46. The first-order chi connectivity index (χ1) is 9.06. The Kier molecular flexibility index (Phi) is 8.18. The Morgan fingerprint density at radius 3 is 2.45 bits per heavy atom. The summed E-state index contributed by atoms with van der Waals surface area (Å²) in [6, 6.07) is 5.99. The van der Waals surface area contributed by atoms with Gasteiger partial charge in [-0.05, 0) is 25.0 Å². The lowest BCUT2D eigenvalue weighted by molar-refractivity contribution is -0.125. The first-order valence-electron chi connectivity index (χ1n) is 6.45. The second kappa shape index (κ2) is 8.76. The van der Waals surface area contributed by atoms with Crippen LogP contribution < -0.4 is 15.8 Å². The highest BCUT2D eigenvalue weighted by atomic mass is 35.5. The van der Waals surface area contributed by atoms with Crippen molar-refractivity contribution in [3.63, 3.8) is 0 Å². The van der Waals surface area contributed by atoms with Crippen LogP contribution in [-0.2, 0) is 4.79 Å². The first-order valence-corrected chi connectivity index (χ1v) is 6.45. The Morgan fingerprint density at radius 2 is 1.95 bits per heavy atom. The van der Waals surface area contributed by atoms with E-state index in [9.17, 15) is 9.18 Å². The van der Waals surface area contributed by atoms with E-state index in [1.165, 1.54) is 12.1 Å². The van der Waals surface area contributed by atoms with Crippen LogP contribution in [0.1, 0.15) is 26.7 Å². The summed E-state index contributed by atoms with van der Waals surface area (Å²) < 4.78 is 18.4. The van der Waals surface area contributed by atoms with E-state index in [-0.39, 0.29) is 30.7 Å². The van der Waals surface area contributed by atoms with Gasteiger partial charge in [0.2, 0.25) is 0 Å². The summed E-state index contributed by atoms with van der Waals surface area (Å²) in [6.45, 7) is 4.08. The maximum Gasteiger partial charge on any atom is 0.258 e. The number of carbonyl (C=O) groups excluding carboxylic acids is 1. The molecule has 3 N–H and O–H groups in total. The summed E-state index contributed by atoms with van der Waals surface area (Å²) in [7, 11) is 0. The maximum atomic E-state index is 13.3. The molecule has 0 aliphatic heterocycles. The summed E-state index contributed by atoms with van der Waals surface area (Å²) in [5.74, 6) is -0.701. The molecule has 0 aliphatic rings. The van der Waals surface area contributed by atoms with Crippen LogP contribution in [0.5, 0.6) is 5.75 Å². The highest BCUT2D eigenvalue weighted by Crippen LogP contribution is 2.16. The van der Waals surface area contributed by atoms with Gasteiger partial charge in [-0.15, -0.1) is 12.4 Å². The van der Waals surface area contributed by atoms with Gasteiger partial charge in [0.25, 0.3) is 5.91 Å². The van der Waals surface area contributed by atoms with Crippen molar-refractivity contribution in [1.82, 2.24) is 5.32 Å². The fourth-order valence-corrected chi connectivity index (χ4v) is 1.80. The molecule has 1 rings (SSSR count). The van der Waals surface area contributed by atoms with Crippen LogP contribution in [-0.4, -0.2) is 24.6 Å². The summed E-state index contributed by atoms with van der Waals surface area (Å²) in [5.41, 5.74) is 5.29. The molecule has 0 unspecified atom stereocenters. The molecule has 0 bridgehead atoms. The molecule has 0 aromatic heterocycles. The Labute approximate surface area is 125 Å². The molecule has 1 amide bonds. The molecule has 20 heavy (non-hydrogen) atoms. The van der Waals surface area contributed by atoms with Crippen LogP contribution >= 0.6 is 12.4 Å². The molecular weight excluding hydrogens is 283 g/mol. The van der Waals surface area contributed by atoms with Gasteiger partial charge in [-0.3, -0.25) is 4.79 Å². The van der Waals surface area contributed by atoms with E-state index in [4.69, 9.17) is 10.5 Å². The normalized spacial score (nSPS) is 10.6. The number of nitrogens with one attached hydrogen (secondary N) is 1. The van der Waals surface area contributed by atoms with E-state index in [1.54, 1.807) is 12.1 Å². The molecule has 0 saturated carbocycles. The third-order valence-electron chi connectivity index (χ3n) is 3.34. The molecular formula is C14H22ClFN2O2. The molecule has 6 heteroatoms. The topological polar surface area (TPSA) is 64.3 Å². The van der Waals surface area contributed by atoms with Crippen molar-refractivity contribution in [3.05, 3.63) is 30.1 Å². The van der Waals surface area contributed by atoms with E-state index in [2.05, 4.69) is 5.32 Å². The van der Waals surface area contributed by atoms with Gasteiger partial charge in [-0.25, -0.2) is 4.39 Å². The Bertz CT molecular complexity index is 417. The van der Waals surface area contributed by atoms with Gasteiger partial charge in [-0.1, -0.05) is 26.0 Å². The number of halogens is 2. The number of para-hydroxylation sites is 1. The summed E-state index contributed by atoms with van der Waals surface area (Å²) in [5, 5.41) is 2.86. The monoisotopic (exact) mass is 304 g/mol. The molecule has 0 heterocycles. The van der Waals surface area contributed by atoms with Crippen molar-refractivity contribution in [2.24, 2.45) is 5.73 Å². The van der Waals surface area contributed by atoms with Gasteiger partial charge in [0.05, 0.1) is 5.54 Å². The largest absolute Gasteiger partial charge is 0.481 e. The third kappa shape index (κ3) is 4.98. The standard InChI is InChI=1S/C14H21FN2O2.ClH/c1-3-14(4-2,10-16)17-13(18)9-19-12-8-6-5-7-11(12)15;/h5-8H,3-4,9-10,16H2,1-2H3,(H,17,18);1H. The zero-order chi connectivity index (χ0) is 14.3. The van der Waals surface area contributed by atoms with Crippen LogP contribution in [0.15, 0.2) is 24.3 Å². The SMILES string of the molecule is CCC(CC)(CN)NC(=O)COc1ccccc1F.Cl. The van der Waals surface area contributed by atoms with Gasteiger partial charge in [0.15, 0.2) is 18.2 Å². The Morgan fingerprint density at radius 1 is 1.35 bits per heavy atom. The molecule has 1 aromatic carbocycles. The van der Waals surface area contributed by atoms with Gasteiger partial charge in [0, 0.05) is 6.54 Å². The zero-order valence-electron chi connectivity index (χ0n) is 11.8. The molecule has 4 nitrogen and oxygen atoms in total. The fraction of sp³-hybridized carbons (Fsp3) is 0.500. The zero-order valence-corrected chi connectivity index (χ0v) is 12.6. The Balaban J connectivity index is 0.00000361. The van der Waals surface area contributed by atoms with Crippen molar-refractivity contribution >= 4 is 18.3 Å². The molecule has 0 aliphatic carbocycles. The number of carbonyl (C=O) groups is 1. The van der Waals surface area contributed by atoms with Crippen LogP contribution in [0.4, 0.5) is 4.39 Å². The minimum absolute atomic E-state index is 0. The molecule has 0 fully saturated rings. The molecule has 0 atom stereocenters. The smallest absolute Gasteiger partial charge is 0.258 e. The second-order valence-electron chi connectivity index (χ2n) is 4.46. The molecule has 0 spiro atoms. The summed E-state index contributed by atoms with van der Waals surface area (Å²) >= 11 is 0. The average molecular weight is 305 g/mol. The van der Waals surface area contributed by atoms with E-state index in [0.717, 1.165) is 12.8 Å². The number of rotatable bonds is 7. The number of benzene rings is 1. The van der Waals surface area contributed by atoms with Crippen LogP contribution in [0.3, 0.4) is 0 Å². The lowest BCUT2D eigenvalue weighted by Crippen LogP contribution is -2.54. The van der Waals surface area contributed by atoms with Crippen molar-refractivity contribution in [2.45, 2.75) is 32.2 Å². The van der Waals surface area contributed by atoms with Crippen molar-refractivity contribution in [1.29, 1.82) is 0 Å². The number of hydrogen-bond donors (Lipinski definition) is 2.